The van der Waals surface area contributed by atoms with Gasteiger partial charge < -0.3 is 5.32 Å². The molecule has 29 heavy (non-hydrogen) atoms. The maximum absolute atomic E-state index is 13.8. The molecule has 0 saturated heterocycles. The quantitative estimate of drug-likeness (QED) is 0.695. The number of halogens is 2. The first-order chi connectivity index (χ1) is 14.2. The summed E-state index contributed by atoms with van der Waals surface area (Å²) in [6.07, 6.45) is 2.90. The van der Waals surface area contributed by atoms with Gasteiger partial charge in [-0.05, 0) is 35.9 Å². The van der Waals surface area contributed by atoms with Gasteiger partial charge in [-0.15, -0.1) is 0 Å². The fourth-order valence-electron chi connectivity index (χ4n) is 3.52. The van der Waals surface area contributed by atoms with Crippen molar-refractivity contribution in [2.75, 3.05) is 0 Å². The summed E-state index contributed by atoms with van der Waals surface area (Å²) in [4.78, 5) is 17.8. The van der Waals surface area contributed by atoms with E-state index in [0.29, 0.717) is 17.1 Å². The SMILES string of the molecule is Fc1ccc2nc(-c3ccccc3Cl)c(CNC3N=CNC4=NC=NC43)cc2c1. The summed E-state index contributed by atoms with van der Waals surface area (Å²) in [5, 5.41) is 7.75. The van der Waals surface area contributed by atoms with E-state index < -0.39 is 0 Å². The highest BCUT2D eigenvalue weighted by Gasteiger charge is 2.30. The number of benzene rings is 2. The molecule has 0 saturated carbocycles. The number of hydrogen-bond donors (Lipinski definition) is 2. The maximum Gasteiger partial charge on any atom is 0.145 e. The van der Waals surface area contributed by atoms with Crippen LogP contribution in [0.25, 0.3) is 22.2 Å². The van der Waals surface area contributed by atoms with E-state index in [-0.39, 0.29) is 18.0 Å². The predicted molar refractivity (Wildman–Crippen MR) is 114 cm³/mol. The molecular formula is C21H16ClFN6. The van der Waals surface area contributed by atoms with Crippen molar-refractivity contribution in [2.24, 2.45) is 15.0 Å². The van der Waals surface area contributed by atoms with Crippen molar-refractivity contribution in [3.05, 3.63) is 64.9 Å². The Kier molecular flexibility index (Phi) is 4.54. The zero-order valence-corrected chi connectivity index (χ0v) is 15.9. The number of pyridine rings is 1. The summed E-state index contributed by atoms with van der Waals surface area (Å²) < 4.78 is 13.8. The van der Waals surface area contributed by atoms with Crippen molar-refractivity contribution in [3.8, 4) is 11.3 Å². The number of aliphatic imine (C=N–C) groups is 3. The number of fused-ring (bicyclic) bond motifs is 2. The van der Waals surface area contributed by atoms with E-state index in [1.807, 2.05) is 30.3 Å². The van der Waals surface area contributed by atoms with Crippen LogP contribution in [0, 0.1) is 5.82 Å². The molecule has 5 rings (SSSR count). The van der Waals surface area contributed by atoms with Crippen molar-refractivity contribution < 1.29 is 4.39 Å². The van der Waals surface area contributed by atoms with Gasteiger partial charge in [-0.1, -0.05) is 29.8 Å². The van der Waals surface area contributed by atoms with E-state index in [1.54, 1.807) is 12.4 Å². The zero-order chi connectivity index (χ0) is 19.8. The average molecular weight is 407 g/mol. The third-order valence-corrected chi connectivity index (χ3v) is 5.27. The molecule has 1 aromatic heterocycles. The van der Waals surface area contributed by atoms with Crippen molar-refractivity contribution in [3.63, 3.8) is 0 Å². The molecule has 2 N–H and O–H groups in total. The molecule has 8 heteroatoms. The van der Waals surface area contributed by atoms with Crippen LogP contribution in [0.5, 0.6) is 0 Å². The highest BCUT2D eigenvalue weighted by Crippen LogP contribution is 2.31. The van der Waals surface area contributed by atoms with Crippen LogP contribution in [0.1, 0.15) is 5.56 Å². The molecule has 2 unspecified atom stereocenters. The largest absolute Gasteiger partial charge is 0.333 e. The lowest BCUT2D eigenvalue weighted by atomic mass is 10.0. The lowest BCUT2D eigenvalue weighted by Gasteiger charge is -2.24. The number of nitrogens with zero attached hydrogens (tertiary/aromatic N) is 4. The molecule has 3 heterocycles. The first-order valence-corrected chi connectivity index (χ1v) is 9.52. The third kappa shape index (κ3) is 3.39. The second kappa shape index (κ2) is 7.35. The maximum atomic E-state index is 13.8. The van der Waals surface area contributed by atoms with Crippen molar-refractivity contribution in [2.45, 2.75) is 18.8 Å². The van der Waals surface area contributed by atoms with Gasteiger partial charge in [-0.3, -0.25) is 15.3 Å². The van der Waals surface area contributed by atoms with Gasteiger partial charge in [0.2, 0.25) is 0 Å². The van der Waals surface area contributed by atoms with Gasteiger partial charge in [-0.2, -0.15) is 0 Å². The van der Waals surface area contributed by atoms with Crippen LogP contribution in [0.4, 0.5) is 4.39 Å². The Hall–Kier alpha value is -3.16. The Balaban J connectivity index is 1.54. The lowest BCUT2D eigenvalue weighted by molar-refractivity contribution is 0.497. The van der Waals surface area contributed by atoms with Crippen molar-refractivity contribution in [1.29, 1.82) is 0 Å². The van der Waals surface area contributed by atoms with Crippen LogP contribution < -0.4 is 10.6 Å². The fraction of sp³-hybridized carbons (Fsp3) is 0.143. The molecule has 2 aliphatic rings. The summed E-state index contributed by atoms with van der Waals surface area (Å²) in [5.41, 5.74) is 3.18. The smallest absolute Gasteiger partial charge is 0.145 e. The molecule has 0 radical (unpaired) electrons. The zero-order valence-electron chi connectivity index (χ0n) is 15.2. The Bertz CT molecular complexity index is 1190. The van der Waals surface area contributed by atoms with Crippen LogP contribution in [0.3, 0.4) is 0 Å². The minimum Gasteiger partial charge on any atom is -0.333 e. The molecule has 6 nitrogen and oxygen atoms in total. The molecule has 2 atom stereocenters. The van der Waals surface area contributed by atoms with Gasteiger partial charge in [0.25, 0.3) is 0 Å². The van der Waals surface area contributed by atoms with Gasteiger partial charge in [0.1, 0.15) is 30.2 Å². The topological polar surface area (TPSA) is 74.0 Å². The molecule has 0 amide bonds. The molecule has 2 aromatic carbocycles. The second-order valence-electron chi connectivity index (χ2n) is 6.78. The van der Waals surface area contributed by atoms with E-state index in [4.69, 9.17) is 16.6 Å². The van der Waals surface area contributed by atoms with Gasteiger partial charge in [-0.25, -0.2) is 14.4 Å². The standard InChI is InChI=1S/C21H16ClFN6/c22-16-4-2-1-3-15(16)18-13(7-12-8-14(23)5-6-17(12)29-18)9-24-20-19-21(26-10-25-19)28-11-27-20/h1-8,10-11,19-20,24H,9H2,(H,25,26,27,28). The number of hydrogen-bond acceptors (Lipinski definition) is 6. The van der Waals surface area contributed by atoms with Crippen LogP contribution in [-0.4, -0.2) is 35.7 Å². The van der Waals surface area contributed by atoms with E-state index in [0.717, 1.165) is 28.0 Å². The normalized spacial score (nSPS) is 19.9. The molecule has 3 aromatic rings. The van der Waals surface area contributed by atoms with Gasteiger partial charge in [0.05, 0.1) is 17.5 Å². The molecule has 2 aliphatic heterocycles. The Morgan fingerprint density at radius 3 is 2.90 bits per heavy atom. The van der Waals surface area contributed by atoms with Gasteiger partial charge in [0.15, 0.2) is 0 Å². The van der Waals surface area contributed by atoms with Crippen LogP contribution in [0.2, 0.25) is 5.02 Å². The number of aromatic nitrogens is 1. The first kappa shape index (κ1) is 17.9. The van der Waals surface area contributed by atoms with Crippen molar-refractivity contribution in [1.82, 2.24) is 15.6 Å². The van der Waals surface area contributed by atoms with Crippen LogP contribution in [-0.2, 0) is 6.54 Å². The Morgan fingerprint density at radius 2 is 2.00 bits per heavy atom. The first-order valence-electron chi connectivity index (χ1n) is 9.14. The summed E-state index contributed by atoms with van der Waals surface area (Å²) >= 11 is 6.44. The Morgan fingerprint density at radius 1 is 1.10 bits per heavy atom. The highest BCUT2D eigenvalue weighted by atomic mass is 35.5. The number of nitrogens with one attached hydrogen (secondary N) is 2. The number of amidine groups is 1. The lowest BCUT2D eigenvalue weighted by Crippen LogP contribution is -2.49. The summed E-state index contributed by atoms with van der Waals surface area (Å²) in [7, 11) is 0. The number of rotatable bonds is 4. The van der Waals surface area contributed by atoms with E-state index in [9.17, 15) is 4.39 Å². The van der Waals surface area contributed by atoms with Crippen LogP contribution in [0.15, 0.2) is 63.5 Å². The summed E-state index contributed by atoms with van der Waals surface area (Å²) in [6.45, 7) is 0.460. The summed E-state index contributed by atoms with van der Waals surface area (Å²) in [5.74, 6) is 0.468. The fourth-order valence-corrected chi connectivity index (χ4v) is 3.75. The van der Waals surface area contributed by atoms with Crippen LogP contribution >= 0.6 is 11.6 Å². The predicted octanol–water partition coefficient (Wildman–Crippen LogP) is 3.55. The molecule has 144 valence electrons. The molecule has 0 spiro atoms. The molecule has 0 aliphatic carbocycles. The Labute approximate surface area is 171 Å². The monoisotopic (exact) mass is 406 g/mol. The summed E-state index contributed by atoms with van der Waals surface area (Å²) in [6, 6.07) is 13.9. The highest BCUT2D eigenvalue weighted by molar-refractivity contribution is 6.33. The molecular weight excluding hydrogens is 391 g/mol. The second-order valence-corrected chi connectivity index (χ2v) is 7.19. The minimum absolute atomic E-state index is 0.186. The molecule has 0 fully saturated rings. The molecule has 0 bridgehead atoms. The van der Waals surface area contributed by atoms with Gasteiger partial charge >= 0.3 is 0 Å². The average Bonchev–Trinajstić information content (AvgIpc) is 3.21. The van der Waals surface area contributed by atoms with E-state index in [2.05, 4.69) is 25.6 Å². The third-order valence-electron chi connectivity index (χ3n) is 4.94. The minimum atomic E-state index is -0.298. The van der Waals surface area contributed by atoms with E-state index in [1.165, 1.54) is 18.5 Å². The van der Waals surface area contributed by atoms with E-state index >= 15 is 0 Å². The van der Waals surface area contributed by atoms with Gasteiger partial charge in [0, 0.05) is 22.5 Å². The van der Waals surface area contributed by atoms with Crippen molar-refractivity contribution >= 4 is 41.0 Å².